The molecule has 0 heterocycles. The molecule has 1 aliphatic carbocycles. The molecule has 0 amide bonds. The van der Waals surface area contributed by atoms with Crippen molar-refractivity contribution in [3.8, 4) is 0 Å². The van der Waals surface area contributed by atoms with Gasteiger partial charge in [0.1, 0.15) is 5.78 Å². The summed E-state index contributed by atoms with van der Waals surface area (Å²) < 4.78 is 25.2. The molecule has 2 atom stereocenters. The molecule has 4 heteroatoms. The lowest BCUT2D eigenvalue weighted by Gasteiger charge is -2.27. The molecular weight excluding hydrogens is 260 g/mol. The number of carbonyl (C=O) groups is 1. The van der Waals surface area contributed by atoms with Gasteiger partial charge in [-0.3, -0.25) is 4.79 Å². The van der Waals surface area contributed by atoms with Crippen LogP contribution in [-0.2, 0) is 14.6 Å². The lowest BCUT2D eigenvalue weighted by molar-refractivity contribution is -0.121. The van der Waals surface area contributed by atoms with E-state index in [9.17, 15) is 13.2 Å². The lowest BCUT2D eigenvalue weighted by atomic mass is 9.86. The molecule has 1 aromatic carbocycles. The van der Waals surface area contributed by atoms with Gasteiger partial charge in [0.2, 0.25) is 0 Å². The van der Waals surface area contributed by atoms with Crippen molar-refractivity contribution in [1.82, 2.24) is 0 Å². The van der Waals surface area contributed by atoms with Gasteiger partial charge in [0.15, 0.2) is 9.84 Å². The monoisotopic (exact) mass is 278 g/mol. The van der Waals surface area contributed by atoms with Crippen LogP contribution in [0.2, 0.25) is 0 Å². The number of sulfone groups is 1. The second kappa shape index (κ2) is 5.70. The Morgan fingerprint density at radius 2 is 1.95 bits per heavy atom. The maximum absolute atomic E-state index is 12.6. The number of hydrogen-bond acceptors (Lipinski definition) is 3. The first kappa shape index (κ1) is 14.0. The number of rotatable bonds is 4. The van der Waals surface area contributed by atoms with Gasteiger partial charge in [-0.05, 0) is 30.9 Å². The molecule has 1 aliphatic rings. The molecule has 1 fully saturated rings. The van der Waals surface area contributed by atoms with Gasteiger partial charge < -0.3 is 0 Å². The predicted molar refractivity (Wildman–Crippen MR) is 74.6 cm³/mol. The van der Waals surface area contributed by atoms with Crippen molar-refractivity contribution in [2.75, 3.05) is 0 Å². The van der Waals surface area contributed by atoms with Crippen LogP contribution in [0.5, 0.6) is 0 Å². The number of benzene rings is 1. The van der Waals surface area contributed by atoms with Crippen LogP contribution < -0.4 is 0 Å². The summed E-state index contributed by atoms with van der Waals surface area (Å²) in [6.07, 6.45) is 3.95. The van der Waals surface area contributed by atoms with Crippen molar-refractivity contribution in [2.24, 2.45) is 5.92 Å². The fraction of sp³-hybridized carbons (Fsp3) is 0.400. The van der Waals surface area contributed by atoms with Gasteiger partial charge in [-0.2, -0.15) is 0 Å². The Bertz CT molecular complexity index is 560. The highest BCUT2D eigenvalue weighted by Gasteiger charge is 2.34. The minimum Gasteiger partial charge on any atom is -0.300 e. The van der Waals surface area contributed by atoms with Crippen molar-refractivity contribution in [1.29, 1.82) is 0 Å². The summed E-state index contributed by atoms with van der Waals surface area (Å²) in [5, 5.41) is -0.667. The summed E-state index contributed by atoms with van der Waals surface area (Å²) in [4.78, 5) is 11.8. The Labute approximate surface area is 114 Å². The molecule has 2 rings (SSSR count). The zero-order chi connectivity index (χ0) is 13.9. The van der Waals surface area contributed by atoms with Crippen molar-refractivity contribution in [3.63, 3.8) is 0 Å². The zero-order valence-corrected chi connectivity index (χ0v) is 11.6. The molecule has 3 nitrogen and oxygen atoms in total. The first-order valence-corrected chi connectivity index (χ1v) is 8.03. The van der Waals surface area contributed by atoms with E-state index < -0.39 is 15.1 Å². The SMILES string of the molecule is C=CC(C1CCCC(=O)C1)S(=O)(=O)c1ccccc1. The normalized spacial score (nSPS) is 21.9. The van der Waals surface area contributed by atoms with Gasteiger partial charge in [-0.25, -0.2) is 8.42 Å². The molecule has 1 saturated carbocycles. The molecule has 0 saturated heterocycles. The Balaban J connectivity index is 2.31. The third kappa shape index (κ3) is 2.95. The highest BCUT2D eigenvalue weighted by atomic mass is 32.2. The fourth-order valence-electron chi connectivity index (χ4n) is 2.68. The maximum atomic E-state index is 12.6. The minimum absolute atomic E-state index is 0.135. The Kier molecular flexibility index (Phi) is 4.20. The quantitative estimate of drug-likeness (QED) is 0.796. The molecule has 0 bridgehead atoms. The molecule has 0 aromatic heterocycles. The molecule has 102 valence electrons. The molecule has 0 spiro atoms. The van der Waals surface area contributed by atoms with Crippen molar-refractivity contribution >= 4 is 15.6 Å². The van der Waals surface area contributed by atoms with Crippen LogP contribution in [0.25, 0.3) is 0 Å². The molecule has 0 N–H and O–H groups in total. The zero-order valence-electron chi connectivity index (χ0n) is 10.8. The molecule has 0 radical (unpaired) electrons. The molecule has 19 heavy (non-hydrogen) atoms. The molecular formula is C15H18O3S. The topological polar surface area (TPSA) is 51.2 Å². The highest BCUT2D eigenvalue weighted by Crippen LogP contribution is 2.31. The number of ketones is 1. The van der Waals surface area contributed by atoms with Crippen LogP contribution >= 0.6 is 0 Å². The number of hydrogen-bond donors (Lipinski definition) is 0. The number of Topliss-reactive ketones (excluding diaryl/α,β-unsaturated/α-hetero) is 1. The van der Waals surface area contributed by atoms with Gasteiger partial charge in [-0.1, -0.05) is 24.3 Å². The van der Waals surface area contributed by atoms with E-state index in [0.29, 0.717) is 17.7 Å². The van der Waals surface area contributed by atoms with Crippen molar-refractivity contribution in [2.45, 2.75) is 35.8 Å². The van der Waals surface area contributed by atoms with E-state index in [2.05, 4.69) is 6.58 Å². The molecule has 1 aromatic rings. The summed E-state index contributed by atoms with van der Waals surface area (Å²) in [6, 6.07) is 8.39. The van der Waals surface area contributed by atoms with Crippen LogP contribution in [0.3, 0.4) is 0 Å². The Morgan fingerprint density at radius 3 is 2.53 bits per heavy atom. The van der Waals surface area contributed by atoms with E-state index in [0.717, 1.165) is 12.8 Å². The summed E-state index contributed by atoms with van der Waals surface area (Å²) in [5.41, 5.74) is 0. The lowest BCUT2D eigenvalue weighted by Crippen LogP contribution is -2.32. The second-order valence-corrected chi connectivity index (χ2v) is 7.06. The van der Waals surface area contributed by atoms with Crippen LogP contribution in [0.4, 0.5) is 0 Å². The van der Waals surface area contributed by atoms with Gasteiger partial charge in [0, 0.05) is 12.8 Å². The molecule has 2 unspecified atom stereocenters. The van der Waals surface area contributed by atoms with E-state index in [1.807, 2.05) is 0 Å². The average Bonchev–Trinajstić information content (AvgIpc) is 2.40. The summed E-state index contributed by atoms with van der Waals surface area (Å²) in [5.74, 6) is 0.0234. The van der Waals surface area contributed by atoms with Crippen LogP contribution in [-0.4, -0.2) is 19.5 Å². The molecule has 0 aliphatic heterocycles. The summed E-state index contributed by atoms with van der Waals surface area (Å²) in [6.45, 7) is 3.66. The van der Waals surface area contributed by atoms with E-state index in [1.165, 1.54) is 6.08 Å². The Morgan fingerprint density at radius 1 is 1.26 bits per heavy atom. The van der Waals surface area contributed by atoms with Crippen molar-refractivity contribution in [3.05, 3.63) is 43.0 Å². The average molecular weight is 278 g/mol. The third-order valence-corrected chi connectivity index (χ3v) is 5.87. The predicted octanol–water partition coefficient (Wildman–Crippen LogP) is 2.77. The highest BCUT2D eigenvalue weighted by molar-refractivity contribution is 7.92. The van der Waals surface area contributed by atoms with Gasteiger partial charge >= 0.3 is 0 Å². The second-order valence-electron chi connectivity index (χ2n) is 4.95. The Hall–Kier alpha value is -1.42. The van der Waals surface area contributed by atoms with Crippen LogP contribution in [0.1, 0.15) is 25.7 Å². The van der Waals surface area contributed by atoms with Gasteiger partial charge in [0.25, 0.3) is 0 Å². The van der Waals surface area contributed by atoms with Gasteiger partial charge in [-0.15, -0.1) is 6.58 Å². The largest absolute Gasteiger partial charge is 0.300 e. The minimum atomic E-state index is -3.44. The smallest absolute Gasteiger partial charge is 0.185 e. The van der Waals surface area contributed by atoms with E-state index in [1.54, 1.807) is 30.3 Å². The van der Waals surface area contributed by atoms with Crippen LogP contribution in [0.15, 0.2) is 47.9 Å². The van der Waals surface area contributed by atoms with Crippen LogP contribution in [0, 0.1) is 5.92 Å². The van der Waals surface area contributed by atoms with E-state index >= 15 is 0 Å². The maximum Gasteiger partial charge on any atom is 0.185 e. The van der Waals surface area contributed by atoms with Gasteiger partial charge in [0.05, 0.1) is 10.1 Å². The summed E-state index contributed by atoms with van der Waals surface area (Å²) >= 11 is 0. The fourth-order valence-corrected chi connectivity index (χ4v) is 4.52. The first-order valence-electron chi connectivity index (χ1n) is 6.49. The van der Waals surface area contributed by atoms with Crippen molar-refractivity contribution < 1.29 is 13.2 Å². The number of carbonyl (C=O) groups excluding carboxylic acids is 1. The van der Waals surface area contributed by atoms with E-state index in [-0.39, 0.29) is 11.7 Å². The first-order chi connectivity index (χ1) is 9.05. The standard InChI is InChI=1S/C15H18O3S/c1-2-15(12-7-6-8-13(16)11-12)19(17,18)14-9-4-3-5-10-14/h2-5,9-10,12,15H,1,6-8,11H2. The third-order valence-electron chi connectivity index (χ3n) is 3.65. The van der Waals surface area contributed by atoms with E-state index in [4.69, 9.17) is 0 Å². The summed E-state index contributed by atoms with van der Waals surface area (Å²) in [7, 11) is -3.44.